The summed E-state index contributed by atoms with van der Waals surface area (Å²) in [6, 6.07) is 6.11. The largest absolute Gasteiger partial charge is 0.462 e. The smallest absolute Gasteiger partial charge is 0.321 e. The van der Waals surface area contributed by atoms with Gasteiger partial charge in [0.15, 0.2) is 15.6 Å². The average molecular weight is 286 g/mol. The molecule has 19 heavy (non-hydrogen) atoms. The zero-order chi connectivity index (χ0) is 14.5. The number of carbonyl (C=O) groups excluding carboxylic acids is 1. The fraction of sp³-hybridized carbons (Fsp3) is 0.462. The van der Waals surface area contributed by atoms with Crippen LogP contribution in [0.25, 0.3) is 0 Å². The molecule has 0 amide bonds. The van der Waals surface area contributed by atoms with Crippen molar-refractivity contribution in [1.29, 1.82) is 0 Å². The second-order valence-electron chi connectivity index (χ2n) is 4.42. The molecule has 0 aliphatic carbocycles. The number of ether oxygens (including phenoxy) is 1. The normalized spacial score (nSPS) is 11.6. The van der Waals surface area contributed by atoms with E-state index in [4.69, 9.17) is 9.84 Å². The molecule has 0 bridgehead atoms. The van der Waals surface area contributed by atoms with Crippen LogP contribution in [0.2, 0.25) is 0 Å². The summed E-state index contributed by atoms with van der Waals surface area (Å²) in [5.41, 5.74) is 0.839. The van der Waals surface area contributed by atoms with Crippen LogP contribution in [0.1, 0.15) is 19.4 Å². The average Bonchev–Trinajstić information content (AvgIpc) is 2.28. The van der Waals surface area contributed by atoms with Gasteiger partial charge in [0.05, 0.1) is 11.0 Å². The minimum Gasteiger partial charge on any atom is -0.462 e. The lowest BCUT2D eigenvalue weighted by molar-refractivity contribution is -0.144. The van der Waals surface area contributed by atoms with Crippen molar-refractivity contribution in [3.05, 3.63) is 29.8 Å². The maximum Gasteiger partial charge on any atom is 0.321 e. The van der Waals surface area contributed by atoms with E-state index in [2.05, 4.69) is 0 Å². The number of rotatable bonds is 6. The zero-order valence-electron chi connectivity index (χ0n) is 11.0. The van der Waals surface area contributed by atoms with Crippen LogP contribution in [-0.2, 0) is 25.8 Å². The quantitative estimate of drug-likeness (QED) is 0.787. The predicted octanol–water partition coefficient (Wildman–Crippen LogP) is 0.947. The molecule has 0 spiro atoms. The zero-order valence-corrected chi connectivity index (χ0v) is 11.8. The van der Waals surface area contributed by atoms with Crippen molar-refractivity contribution in [1.82, 2.24) is 0 Å². The van der Waals surface area contributed by atoms with Gasteiger partial charge < -0.3 is 9.84 Å². The first kappa shape index (κ1) is 15.7. The summed E-state index contributed by atoms with van der Waals surface area (Å²) >= 11 is 0. The van der Waals surface area contributed by atoms with Gasteiger partial charge in [0.25, 0.3) is 0 Å². The highest BCUT2D eigenvalue weighted by Gasteiger charge is 2.20. The van der Waals surface area contributed by atoms with E-state index < -0.39 is 21.6 Å². The van der Waals surface area contributed by atoms with Crippen LogP contribution in [0.5, 0.6) is 0 Å². The standard InChI is InChI=1S/C13H18O5S/c1-10(2)18-13(15)9-19(16,17)12-5-3-11(4-6-12)7-8-14/h3-6,10,14H,7-9H2,1-2H3. The van der Waals surface area contributed by atoms with E-state index >= 15 is 0 Å². The van der Waals surface area contributed by atoms with E-state index in [1.54, 1.807) is 26.0 Å². The van der Waals surface area contributed by atoms with Crippen molar-refractivity contribution in [2.24, 2.45) is 0 Å². The Hall–Kier alpha value is -1.40. The van der Waals surface area contributed by atoms with E-state index in [9.17, 15) is 13.2 Å². The number of hydrogen-bond acceptors (Lipinski definition) is 5. The highest BCUT2D eigenvalue weighted by Crippen LogP contribution is 2.13. The number of aliphatic hydroxyl groups excluding tert-OH is 1. The lowest BCUT2D eigenvalue weighted by atomic mass is 10.2. The van der Waals surface area contributed by atoms with Crippen LogP contribution >= 0.6 is 0 Å². The minimum absolute atomic E-state index is 0.00676. The summed E-state index contributed by atoms with van der Waals surface area (Å²) in [5, 5.41) is 8.77. The molecule has 0 heterocycles. The molecule has 1 rings (SSSR count). The summed E-state index contributed by atoms with van der Waals surface area (Å²) in [6.45, 7) is 3.33. The fourth-order valence-corrected chi connectivity index (χ4v) is 2.62. The maximum absolute atomic E-state index is 11.9. The first-order chi connectivity index (χ1) is 8.85. The summed E-state index contributed by atoms with van der Waals surface area (Å²) in [5.74, 6) is -1.42. The van der Waals surface area contributed by atoms with Gasteiger partial charge in [-0.25, -0.2) is 8.42 Å². The molecule has 5 nitrogen and oxygen atoms in total. The van der Waals surface area contributed by atoms with Crippen molar-refractivity contribution < 1.29 is 23.1 Å². The van der Waals surface area contributed by atoms with Gasteiger partial charge >= 0.3 is 5.97 Å². The molecule has 0 aromatic heterocycles. The SMILES string of the molecule is CC(C)OC(=O)CS(=O)(=O)c1ccc(CCO)cc1. The Balaban J connectivity index is 2.79. The highest BCUT2D eigenvalue weighted by molar-refractivity contribution is 7.92. The number of hydrogen-bond donors (Lipinski definition) is 1. The number of sulfone groups is 1. The Bertz CT molecular complexity index is 516. The first-order valence-corrected chi connectivity index (χ1v) is 7.62. The van der Waals surface area contributed by atoms with Gasteiger partial charge in [-0.1, -0.05) is 12.1 Å². The van der Waals surface area contributed by atoms with Gasteiger partial charge in [-0.05, 0) is 38.0 Å². The van der Waals surface area contributed by atoms with Crippen molar-refractivity contribution in [3.63, 3.8) is 0 Å². The predicted molar refractivity (Wildman–Crippen MR) is 70.5 cm³/mol. The summed E-state index contributed by atoms with van der Waals surface area (Å²) in [6.07, 6.45) is 0.130. The van der Waals surface area contributed by atoms with Crippen LogP contribution < -0.4 is 0 Å². The molecular weight excluding hydrogens is 268 g/mol. The van der Waals surface area contributed by atoms with E-state index in [1.165, 1.54) is 12.1 Å². The Morgan fingerprint density at radius 1 is 1.26 bits per heavy atom. The Morgan fingerprint density at radius 2 is 1.84 bits per heavy atom. The Labute approximate surface area is 113 Å². The molecule has 1 aromatic carbocycles. The molecule has 0 unspecified atom stereocenters. The van der Waals surface area contributed by atoms with Crippen molar-refractivity contribution in [2.45, 2.75) is 31.3 Å². The number of carbonyl (C=O) groups is 1. The minimum atomic E-state index is -3.67. The van der Waals surface area contributed by atoms with Crippen molar-refractivity contribution >= 4 is 15.8 Å². The molecule has 6 heteroatoms. The van der Waals surface area contributed by atoms with E-state index in [1.807, 2.05) is 0 Å². The maximum atomic E-state index is 11.9. The molecule has 0 aliphatic heterocycles. The fourth-order valence-electron chi connectivity index (χ4n) is 1.53. The van der Waals surface area contributed by atoms with Crippen molar-refractivity contribution in [3.8, 4) is 0 Å². The van der Waals surface area contributed by atoms with Gasteiger partial charge in [0, 0.05) is 6.61 Å². The molecule has 0 atom stereocenters. The van der Waals surface area contributed by atoms with Crippen LogP contribution in [0, 0.1) is 0 Å². The molecule has 106 valence electrons. The summed E-state index contributed by atoms with van der Waals surface area (Å²) in [4.78, 5) is 11.5. The molecule has 0 saturated heterocycles. The molecule has 1 aromatic rings. The number of esters is 1. The Morgan fingerprint density at radius 3 is 2.32 bits per heavy atom. The van der Waals surface area contributed by atoms with Crippen molar-refractivity contribution in [2.75, 3.05) is 12.4 Å². The summed E-state index contributed by atoms with van der Waals surface area (Å²) < 4.78 is 28.7. The third-order valence-electron chi connectivity index (χ3n) is 2.36. The molecule has 0 saturated carbocycles. The van der Waals surface area contributed by atoms with Gasteiger partial charge in [-0.3, -0.25) is 4.79 Å². The number of aliphatic hydroxyl groups is 1. The molecule has 0 fully saturated rings. The van der Waals surface area contributed by atoms with Crippen LogP contribution in [0.15, 0.2) is 29.2 Å². The van der Waals surface area contributed by atoms with Gasteiger partial charge in [0.1, 0.15) is 0 Å². The van der Waals surface area contributed by atoms with Gasteiger partial charge in [-0.15, -0.1) is 0 Å². The molecule has 0 aliphatic rings. The van der Waals surface area contributed by atoms with E-state index in [-0.39, 0.29) is 17.6 Å². The van der Waals surface area contributed by atoms with Crippen LogP contribution in [-0.4, -0.2) is 38.0 Å². The van der Waals surface area contributed by atoms with E-state index in [0.29, 0.717) is 6.42 Å². The summed E-state index contributed by atoms with van der Waals surface area (Å²) in [7, 11) is -3.67. The molecule has 1 N–H and O–H groups in total. The third kappa shape index (κ3) is 5.00. The first-order valence-electron chi connectivity index (χ1n) is 5.97. The topological polar surface area (TPSA) is 80.7 Å². The molecular formula is C13H18O5S. The van der Waals surface area contributed by atoms with Gasteiger partial charge in [-0.2, -0.15) is 0 Å². The van der Waals surface area contributed by atoms with Gasteiger partial charge in [0.2, 0.25) is 0 Å². The second-order valence-corrected chi connectivity index (χ2v) is 6.40. The molecule has 0 radical (unpaired) electrons. The monoisotopic (exact) mass is 286 g/mol. The number of benzene rings is 1. The lowest BCUT2D eigenvalue weighted by Crippen LogP contribution is -2.21. The van der Waals surface area contributed by atoms with Crippen LogP contribution in [0.3, 0.4) is 0 Å². The second kappa shape index (κ2) is 6.68. The lowest BCUT2D eigenvalue weighted by Gasteiger charge is -2.08. The van der Waals surface area contributed by atoms with Crippen LogP contribution in [0.4, 0.5) is 0 Å². The Kier molecular flexibility index (Phi) is 5.50. The highest BCUT2D eigenvalue weighted by atomic mass is 32.2. The third-order valence-corrected chi connectivity index (χ3v) is 3.96. The van der Waals surface area contributed by atoms with E-state index in [0.717, 1.165) is 5.56 Å².